The van der Waals surface area contributed by atoms with Gasteiger partial charge in [-0.3, -0.25) is 0 Å². The van der Waals surface area contributed by atoms with Crippen LogP contribution in [-0.4, -0.2) is 9.65 Å². The Morgan fingerprint density at radius 1 is 1.00 bits per heavy atom. The van der Waals surface area contributed by atoms with Gasteiger partial charge in [0, 0.05) is 0 Å². The molecule has 0 bridgehead atoms. The minimum atomic E-state index is -0.305. The molecule has 0 aliphatic rings. The predicted octanol–water partition coefficient (Wildman–Crippen LogP) is 2.12. The number of nitriles is 2. The Labute approximate surface area is 76.4 Å². The first-order chi connectivity index (χ1) is 4.70. The third-order valence-electron chi connectivity index (χ3n) is 0.696. The Balaban J connectivity index is 3.81. The monoisotopic (exact) mass is 262 g/mol. The molecule has 4 heteroatoms. The van der Waals surface area contributed by atoms with Crippen molar-refractivity contribution in [2.75, 3.05) is 0 Å². The first-order valence-corrected chi connectivity index (χ1v) is 4.29. The Bertz CT molecular complexity index is 177. The second-order valence-electron chi connectivity index (χ2n) is 1.45. The first kappa shape index (κ1) is 9.68. The molecule has 52 valence electrons. The standard InChI is InChI=1S/C6H4Br2N2/c7-5(3-9)1-2-6(8)4-10/h1-2,5-6H. The van der Waals surface area contributed by atoms with Gasteiger partial charge in [0.05, 0.1) is 12.1 Å². The quantitative estimate of drug-likeness (QED) is 0.566. The number of hydrogen-bond acceptors (Lipinski definition) is 2. The Morgan fingerprint density at radius 2 is 1.30 bits per heavy atom. The molecule has 0 saturated carbocycles. The van der Waals surface area contributed by atoms with Crippen LogP contribution in [0.15, 0.2) is 12.2 Å². The van der Waals surface area contributed by atoms with Crippen molar-refractivity contribution in [1.29, 1.82) is 10.5 Å². The summed E-state index contributed by atoms with van der Waals surface area (Å²) in [7, 11) is 0. The zero-order valence-electron chi connectivity index (χ0n) is 4.96. The molecule has 0 heterocycles. The molecule has 0 saturated heterocycles. The third-order valence-corrected chi connectivity index (χ3v) is 1.72. The summed E-state index contributed by atoms with van der Waals surface area (Å²) >= 11 is 6.11. The predicted molar refractivity (Wildman–Crippen MR) is 45.8 cm³/mol. The van der Waals surface area contributed by atoms with Crippen molar-refractivity contribution >= 4 is 31.9 Å². The smallest absolute Gasteiger partial charge is 0.119 e. The first-order valence-electron chi connectivity index (χ1n) is 2.46. The maximum absolute atomic E-state index is 8.27. The molecule has 0 spiro atoms. The van der Waals surface area contributed by atoms with Crippen LogP contribution in [0.4, 0.5) is 0 Å². The summed E-state index contributed by atoms with van der Waals surface area (Å²) in [6.45, 7) is 0. The topological polar surface area (TPSA) is 47.6 Å². The Morgan fingerprint density at radius 3 is 1.50 bits per heavy atom. The molecule has 2 unspecified atom stereocenters. The Kier molecular flexibility index (Phi) is 5.29. The lowest BCUT2D eigenvalue weighted by Gasteiger charge is -1.89. The number of nitrogens with zero attached hydrogens (tertiary/aromatic N) is 2. The van der Waals surface area contributed by atoms with E-state index in [0.717, 1.165) is 0 Å². The van der Waals surface area contributed by atoms with Gasteiger partial charge in [0.25, 0.3) is 0 Å². The van der Waals surface area contributed by atoms with E-state index in [1.54, 1.807) is 12.2 Å². The summed E-state index contributed by atoms with van der Waals surface area (Å²) < 4.78 is 0. The van der Waals surface area contributed by atoms with Crippen molar-refractivity contribution < 1.29 is 0 Å². The van der Waals surface area contributed by atoms with Crippen molar-refractivity contribution in [3.63, 3.8) is 0 Å². The highest BCUT2D eigenvalue weighted by Gasteiger charge is 1.96. The molecule has 0 radical (unpaired) electrons. The van der Waals surface area contributed by atoms with Crippen molar-refractivity contribution in [2.24, 2.45) is 0 Å². The largest absolute Gasteiger partial charge is 0.197 e. The van der Waals surface area contributed by atoms with Gasteiger partial charge >= 0.3 is 0 Å². The lowest BCUT2D eigenvalue weighted by molar-refractivity contribution is 1.33. The molecule has 10 heavy (non-hydrogen) atoms. The molecule has 2 nitrogen and oxygen atoms in total. The third kappa shape index (κ3) is 4.55. The van der Waals surface area contributed by atoms with E-state index in [1.807, 2.05) is 12.1 Å². The van der Waals surface area contributed by atoms with Gasteiger partial charge in [0.1, 0.15) is 9.65 Å². The maximum atomic E-state index is 8.27. The van der Waals surface area contributed by atoms with Crippen LogP contribution in [0.2, 0.25) is 0 Å². The van der Waals surface area contributed by atoms with Gasteiger partial charge in [-0.1, -0.05) is 44.0 Å². The van der Waals surface area contributed by atoms with E-state index in [0.29, 0.717) is 0 Å². The molecule has 0 aromatic heterocycles. The van der Waals surface area contributed by atoms with Crippen LogP contribution in [0.1, 0.15) is 0 Å². The van der Waals surface area contributed by atoms with E-state index in [-0.39, 0.29) is 9.65 Å². The highest BCUT2D eigenvalue weighted by atomic mass is 79.9. The summed E-state index contributed by atoms with van der Waals surface area (Å²) in [6.07, 6.45) is 3.23. The summed E-state index contributed by atoms with van der Waals surface area (Å²) in [4.78, 5) is -0.609. The molecule has 0 amide bonds. The van der Waals surface area contributed by atoms with Crippen LogP contribution >= 0.6 is 31.9 Å². The van der Waals surface area contributed by atoms with Crippen LogP contribution in [0.3, 0.4) is 0 Å². The van der Waals surface area contributed by atoms with Gasteiger partial charge in [-0.25, -0.2) is 0 Å². The second-order valence-corrected chi connectivity index (χ2v) is 3.42. The van der Waals surface area contributed by atoms with Gasteiger partial charge in [0.2, 0.25) is 0 Å². The SMILES string of the molecule is N#CC(Br)C=CC(Br)C#N. The Hall–Kier alpha value is -0.320. The fraction of sp³-hybridized carbons (Fsp3) is 0.333. The van der Waals surface area contributed by atoms with Crippen LogP contribution in [0, 0.1) is 22.7 Å². The van der Waals surface area contributed by atoms with Crippen LogP contribution in [-0.2, 0) is 0 Å². The number of halogens is 2. The molecule has 2 atom stereocenters. The molecule has 0 aliphatic heterocycles. The molecule has 0 aliphatic carbocycles. The van der Waals surface area contributed by atoms with Crippen LogP contribution in [0.25, 0.3) is 0 Å². The average molecular weight is 264 g/mol. The summed E-state index contributed by atoms with van der Waals surface area (Å²) in [5, 5.41) is 16.5. The highest BCUT2D eigenvalue weighted by molar-refractivity contribution is 9.10. The van der Waals surface area contributed by atoms with Crippen LogP contribution in [0.5, 0.6) is 0 Å². The highest BCUT2D eigenvalue weighted by Crippen LogP contribution is 2.04. The van der Waals surface area contributed by atoms with Crippen molar-refractivity contribution in [1.82, 2.24) is 0 Å². The molecular formula is C6H4Br2N2. The normalized spacial score (nSPS) is 15.6. The number of hydrogen-bond donors (Lipinski definition) is 0. The molecule has 0 aromatic rings. The summed E-state index contributed by atoms with van der Waals surface area (Å²) in [5.74, 6) is 0. The van der Waals surface area contributed by atoms with Crippen LogP contribution < -0.4 is 0 Å². The molecule has 0 aromatic carbocycles. The van der Waals surface area contributed by atoms with Gasteiger partial charge in [-0.2, -0.15) is 10.5 Å². The van der Waals surface area contributed by atoms with Crippen molar-refractivity contribution in [3.8, 4) is 12.1 Å². The summed E-state index contributed by atoms with van der Waals surface area (Å²) in [5.41, 5.74) is 0. The van der Waals surface area contributed by atoms with Gasteiger partial charge in [0.15, 0.2) is 0 Å². The van der Waals surface area contributed by atoms with E-state index in [1.165, 1.54) is 0 Å². The second kappa shape index (κ2) is 5.46. The minimum Gasteiger partial charge on any atom is -0.197 e. The average Bonchev–Trinajstić information content (AvgIpc) is 1.99. The fourth-order valence-electron chi connectivity index (χ4n) is 0.281. The number of alkyl halides is 2. The fourth-order valence-corrected chi connectivity index (χ4v) is 0.634. The van der Waals surface area contributed by atoms with E-state index < -0.39 is 0 Å². The van der Waals surface area contributed by atoms with E-state index in [4.69, 9.17) is 10.5 Å². The van der Waals surface area contributed by atoms with Gasteiger partial charge < -0.3 is 0 Å². The lowest BCUT2D eigenvalue weighted by Crippen LogP contribution is -1.89. The van der Waals surface area contributed by atoms with E-state index in [9.17, 15) is 0 Å². The molecule has 0 rings (SSSR count). The zero-order chi connectivity index (χ0) is 7.98. The molecule has 0 fully saturated rings. The molecule has 0 N–H and O–H groups in total. The number of rotatable bonds is 2. The van der Waals surface area contributed by atoms with E-state index >= 15 is 0 Å². The minimum absolute atomic E-state index is 0.305. The lowest BCUT2D eigenvalue weighted by atomic mass is 10.3. The van der Waals surface area contributed by atoms with Crippen molar-refractivity contribution in [2.45, 2.75) is 9.65 Å². The summed E-state index contributed by atoms with van der Waals surface area (Å²) in [6, 6.07) is 3.89. The van der Waals surface area contributed by atoms with E-state index in [2.05, 4.69) is 31.9 Å². The molecular weight excluding hydrogens is 260 g/mol. The van der Waals surface area contributed by atoms with Crippen molar-refractivity contribution in [3.05, 3.63) is 12.2 Å². The zero-order valence-corrected chi connectivity index (χ0v) is 8.13. The maximum Gasteiger partial charge on any atom is 0.119 e. The van der Waals surface area contributed by atoms with Gasteiger partial charge in [-0.05, 0) is 0 Å². The van der Waals surface area contributed by atoms with Gasteiger partial charge in [-0.15, -0.1) is 0 Å². The number of allylic oxidation sites excluding steroid dienone is 2.